The van der Waals surface area contributed by atoms with E-state index in [0.29, 0.717) is 0 Å². The van der Waals surface area contributed by atoms with E-state index in [1.807, 2.05) is 0 Å². The monoisotopic (exact) mass is 626 g/mol. The van der Waals surface area contributed by atoms with Crippen LogP contribution in [0.15, 0.2) is 156 Å². The summed E-state index contributed by atoms with van der Waals surface area (Å²) >= 11 is 0. The quantitative estimate of drug-likeness (QED) is 0.191. The van der Waals surface area contributed by atoms with E-state index in [9.17, 15) is 0 Å². The minimum atomic E-state index is 0.982. The second-order valence-corrected chi connectivity index (χ2v) is 13.2. The van der Waals surface area contributed by atoms with Crippen molar-refractivity contribution in [2.75, 3.05) is 0 Å². The molecule has 10 aromatic rings. The molecule has 3 aromatic heterocycles. The Morgan fingerprint density at radius 3 is 1.84 bits per heavy atom. The SMILES string of the molecule is C1=Cc2oc3c(-c4ccc5ccc(-n6c7ccccc7c7cc(-n8c9ccccc9c9ccccc98)ccc76)cc5c4)cccc3c2CC1. The lowest BCUT2D eigenvalue weighted by Crippen LogP contribution is -1.96. The smallest absolute Gasteiger partial charge is 0.142 e. The Morgan fingerprint density at radius 2 is 1.08 bits per heavy atom. The van der Waals surface area contributed by atoms with E-state index < -0.39 is 0 Å². The summed E-state index contributed by atoms with van der Waals surface area (Å²) in [6, 6.07) is 53.3. The van der Waals surface area contributed by atoms with Crippen LogP contribution in [0.4, 0.5) is 0 Å². The van der Waals surface area contributed by atoms with Crippen molar-refractivity contribution in [2.45, 2.75) is 12.8 Å². The zero-order chi connectivity index (χ0) is 32.1. The maximum atomic E-state index is 6.46. The zero-order valence-corrected chi connectivity index (χ0v) is 26.7. The predicted molar refractivity (Wildman–Crippen MR) is 205 cm³/mol. The molecule has 0 spiro atoms. The second-order valence-electron chi connectivity index (χ2n) is 13.2. The molecule has 0 fully saturated rings. The van der Waals surface area contributed by atoms with Crippen LogP contribution in [0.3, 0.4) is 0 Å². The minimum absolute atomic E-state index is 0.982. The van der Waals surface area contributed by atoms with Crippen LogP contribution in [0.5, 0.6) is 0 Å². The van der Waals surface area contributed by atoms with Crippen molar-refractivity contribution in [3.63, 3.8) is 0 Å². The third-order valence-corrected chi connectivity index (χ3v) is 10.6. The van der Waals surface area contributed by atoms with Gasteiger partial charge in [0, 0.05) is 49.4 Å². The first-order valence-corrected chi connectivity index (χ1v) is 17.1. The summed E-state index contributed by atoms with van der Waals surface area (Å²) < 4.78 is 11.3. The van der Waals surface area contributed by atoms with Gasteiger partial charge in [-0.15, -0.1) is 0 Å². The van der Waals surface area contributed by atoms with E-state index in [1.165, 1.54) is 76.6 Å². The number of hydrogen-bond donors (Lipinski definition) is 0. The van der Waals surface area contributed by atoms with Gasteiger partial charge in [0.15, 0.2) is 0 Å². The summed E-state index contributed by atoms with van der Waals surface area (Å²) in [4.78, 5) is 0. The first kappa shape index (κ1) is 26.7. The van der Waals surface area contributed by atoms with Gasteiger partial charge in [-0.1, -0.05) is 97.1 Å². The summed E-state index contributed by atoms with van der Waals surface area (Å²) in [6.07, 6.45) is 6.44. The fourth-order valence-electron chi connectivity index (χ4n) is 8.35. The number of aromatic nitrogens is 2. The van der Waals surface area contributed by atoms with E-state index in [0.717, 1.165) is 35.4 Å². The summed E-state index contributed by atoms with van der Waals surface area (Å²) in [5.74, 6) is 1.00. The molecule has 49 heavy (non-hydrogen) atoms. The number of nitrogens with zero attached hydrogens (tertiary/aromatic N) is 2. The van der Waals surface area contributed by atoms with Gasteiger partial charge in [-0.2, -0.15) is 0 Å². The Labute approximate surface area is 282 Å². The van der Waals surface area contributed by atoms with Crippen LogP contribution in [0.1, 0.15) is 17.7 Å². The Balaban J connectivity index is 1.10. The van der Waals surface area contributed by atoms with Crippen LogP contribution >= 0.6 is 0 Å². The Kier molecular flexibility index (Phi) is 5.50. The molecule has 1 aliphatic rings. The van der Waals surface area contributed by atoms with Crippen molar-refractivity contribution in [3.8, 4) is 22.5 Å². The maximum absolute atomic E-state index is 6.46. The van der Waals surface area contributed by atoms with Crippen LogP contribution in [0.2, 0.25) is 0 Å². The van der Waals surface area contributed by atoms with Gasteiger partial charge in [-0.25, -0.2) is 0 Å². The molecule has 0 radical (unpaired) electrons. The predicted octanol–water partition coefficient (Wildman–Crippen LogP) is 12.4. The molecule has 7 aromatic carbocycles. The number of benzene rings is 7. The van der Waals surface area contributed by atoms with Gasteiger partial charge in [0.1, 0.15) is 11.3 Å². The zero-order valence-electron chi connectivity index (χ0n) is 26.7. The molecule has 0 aliphatic heterocycles. The van der Waals surface area contributed by atoms with Crippen LogP contribution in [-0.2, 0) is 6.42 Å². The molecule has 0 amide bonds. The van der Waals surface area contributed by atoms with Crippen molar-refractivity contribution in [1.29, 1.82) is 0 Å². The summed E-state index contributed by atoms with van der Waals surface area (Å²) in [7, 11) is 0. The van der Waals surface area contributed by atoms with Crippen molar-refractivity contribution < 1.29 is 4.42 Å². The van der Waals surface area contributed by atoms with Gasteiger partial charge in [-0.3, -0.25) is 0 Å². The van der Waals surface area contributed by atoms with E-state index in [4.69, 9.17) is 4.42 Å². The van der Waals surface area contributed by atoms with E-state index in [-0.39, 0.29) is 0 Å². The standard InChI is InChI=1S/C46H30N2O/c1-5-16-41-35(10-1)36-11-2-6-17-42(36)48(41)33-24-25-44-40(28-33)37-12-3-7-18-43(37)47(44)32-23-22-29-20-21-30(26-31(29)27-32)34-14-9-15-39-38-13-4-8-19-45(38)49-46(34)39/h1-3,5-12,14-28H,4,13H2. The lowest BCUT2D eigenvalue weighted by molar-refractivity contribution is 0.596. The molecule has 0 N–H and O–H groups in total. The molecule has 3 heteroatoms. The lowest BCUT2D eigenvalue weighted by Gasteiger charge is -2.12. The van der Waals surface area contributed by atoms with Crippen molar-refractivity contribution in [1.82, 2.24) is 9.13 Å². The van der Waals surface area contributed by atoms with Gasteiger partial charge in [0.05, 0.1) is 22.1 Å². The third-order valence-electron chi connectivity index (χ3n) is 10.6. The number of allylic oxidation sites excluding steroid dienone is 1. The Bertz CT molecular complexity index is 2950. The van der Waals surface area contributed by atoms with Crippen molar-refractivity contribution in [2.24, 2.45) is 0 Å². The van der Waals surface area contributed by atoms with E-state index >= 15 is 0 Å². The highest BCUT2D eigenvalue weighted by atomic mass is 16.3. The molecule has 230 valence electrons. The normalized spacial score (nSPS) is 13.1. The average molecular weight is 627 g/mol. The number of fused-ring (bicyclic) bond motifs is 10. The van der Waals surface area contributed by atoms with Gasteiger partial charge < -0.3 is 13.6 Å². The number of furan rings is 1. The van der Waals surface area contributed by atoms with Gasteiger partial charge in [0.2, 0.25) is 0 Å². The fraction of sp³-hybridized carbons (Fsp3) is 0.0435. The topological polar surface area (TPSA) is 23.0 Å². The molecular weight excluding hydrogens is 597 g/mol. The summed E-state index contributed by atoms with van der Waals surface area (Å²) in [6.45, 7) is 0. The fourth-order valence-corrected chi connectivity index (χ4v) is 8.35. The number of hydrogen-bond acceptors (Lipinski definition) is 1. The first-order chi connectivity index (χ1) is 24.3. The molecule has 1 aliphatic carbocycles. The number of para-hydroxylation sites is 4. The van der Waals surface area contributed by atoms with Crippen LogP contribution < -0.4 is 0 Å². The molecule has 0 atom stereocenters. The van der Waals surface area contributed by atoms with Gasteiger partial charge >= 0.3 is 0 Å². The number of aryl methyl sites for hydroxylation is 1. The molecular formula is C46H30N2O. The average Bonchev–Trinajstić information content (AvgIpc) is 3.82. The molecule has 0 saturated heterocycles. The van der Waals surface area contributed by atoms with Crippen LogP contribution in [0.25, 0.3) is 93.9 Å². The highest BCUT2D eigenvalue weighted by Crippen LogP contribution is 2.40. The highest BCUT2D eigenvalue weighted by Gasteiger charge is 2.19. The molecule has 0 unspecified atom stereocenters. The molecule has 3 nitrogen and oxygen atoms in total. The minimum Gasteiger partial charge on any atom is -0.456 e. The van der Waals surface area contributed by atoms with Gasteiger partial charge in [-0.05, 0) is 89.9 Å². The molecule has 0 bridgehead atoms. The first-order valence-electron chi connectivity index (χ1n) is 17.1. The van der Waals surface area contributed by atoms with Crippen molar-refractivity contribution in [3.05, 3.63) is 163 Å². The Morgan fingerprint density at radius 1 is 0.469 bits per heavy atom. The largest absolute Gasteiger partial charge is 0.456 e. The number of rotatable bonds is 3. The molecule has 11 rings (SSSR count). The second kappa shape index (κ2) is 10.1. The molecule has 0 saturated carbocycles. The maximum Gasteiger partial charge on any atom is 0.142 e. The summed E-state index contributed by atoms with van der Waals surface area (Å²) in [5, 5.41) is 8.69. The summed E-state index contributed by atoms with van der Waals surface area (Å²) in [5.41, 5.74) is 11.8. The van der Waals surface area contributed by atoms with Crippen LogP contribution in [-0.4, -0.2) is 9.13 Å². The van der Waals surface area contributed by atoms with E-state index in [2.05, 4.69) is 167 Å². The van der Waals surface area contributed by atoms with E-state index in [1.54, 1.807) is 0 Å². The van der Waals surface area contributed by atoms with Crippen LogP contribution in [0, 0.1) is 0 Å². The van der Waals surface area contributed by atoms with Gasteiger partial charge in [0.25, 0.3) is 0 Å². The Hall–Kier alpha value is -6.32. The third kappa shape index (κ3) is 3.84. The van der Waals surface area contributed by atoms with Crippen molar-refractivity contribution >= 4 is 71.4 Å². The lowest BCUT2D eigenvalue weighted by atomic mass is 9.96. The highest BCUT2D eigenvalue weighted by molar-refractivity contribution is 6.12. The molecule has 3 heterocycles.